The molecule has 0 radical (unpaired) electrons. The predicted molar refractivity (Wildman–Crippen MR) is 131 cm³/mol. The lowest BCUT2D eigenvalue weighted by Crippen LogP contribution is -2.38. The van der Waals surface area contributed by atoms with Gasteiger partial charge in [0, 0.05) is 23.7 Å². The number of ketones is 1. The van der Waals surface area contributed by atoms with E-state index < -0.39 is 17.7 Å². The quantitative estimate of drug-likeness (QED) is 0.298. The highest BCUT2D eigenvalue weighted by Crippen LogP contribution is 2.41. The zero-order valence-electron chi connectivity index (χ0n) is 19.0. The average Bonchev–Trinajstić information content (AvgIpc) is 3.06. The first-order valence-corrected chi connectivity index (χ1v) is 11.8. The fraction of sp³-hybridized carbons (Fsp3) is 0.360. The van der Waals surface area contributed by atoms with Crippen molar-refractivity contribution < 1.29 is 19.4 Å². The fourth-order valence-electron chi connectivity index (χ4n) is 3.98. The first-order valence-electron chi connectivity index (χ1n) is 11.0. The van der Waals surface area contributed by atoms with Gasteiger partial charge in [0.05, 0.1) is 23.2 Å². The number of halogens is 2. The van der Waals surface area contributed by atoms with E-state index in [-0.39, 0.29) is 21.9 Å². The van der Waals surface area contributed by atoms with E-state index in [1.807, 2.05) is 20.8 Å². The summed E-state index contributed by atoms with van der Waals surface area (Å²) in [6.07, 6.45) is 0. The summed E-state index contributed by atoms with van der Waals surface area (Å²) in [6.45, 7) is 8.95. The fourth-order valence-corrected chi connectivity index (χ4v) is 4.31. The van der Waals surface area contributed by atoms with Crippen molar-refractivity contribution in [3.63, 3.8) is 0 Å². The minimum Gasteiger partial charge on any atom is -0.507 e. The van der Waals surface area contributed by atoms with Gasteiger partial charge >= 0.3 is 0 Å². The van der Waals surface area contributed by atoms with Gasteiger partial charge in [0.1, 0.15) is 11.5 Å². The number of rotatable bonds is 9. The highest BCUT2D eigenvalue weighted by atomic mass is 35.5. The van der Waals surface area contributed by atoms with Crippen molar-refractivity contribution in [2.45, 2.75) is 26.8 Å². The number of nitrogens with zero attached hydrogens (tertiary/aromatic N) is 2. The molecule has 33 heavy (non-hydrogen) atoms. The first-order chi connectivity index (χ1) is 15.8. The highest BCUT2D eigenvalue weighted by Gasteiger charge is 2.46. The maximum absolute atomic E-state index is 13.2. The number of hydrogen-bond acceptors (Lipinski definition) is 5. The number of benzene rings is 2. The van der Waals surface area contributed by atoms with Crippen LogP contribution in [0, 0.1) is 0 Å². The van der Waals surface area contributed by atoms with E-state index in [9.17, 15) is 14.7 Å². The molecule has 1 atom stereocenters. The Morgan fingerprint density at radius 3 is 2.33 bits per heavy atom. The number of likely N-dealkylation sites (tertiary alicyclic amines) is 1. The average molecular weight is 491 g/mol. The van der Waals surface area contributed by atoms with Crippen molar-refractivity contribution in [2.75, 3.05) is 32.8 Å². The predicted octanol–water partition coefficient (Wildman–Crippen LogP) is 5.16. The third kappa shape index (κ3) is 5.35. The van der Waals surface area contributed by atoms with Crippen LogP contribution < -0.4 is 4.74 Å². The van der Waals surface area contributed by atoms with Gasteiger partial charge in [-0.15, -0.1) is 0 Å². The van der Waals surface area contributed by atoms with Gasteiger partial charge in [0.2, 0.25) is 0 Å². The minimum atomic E-state index is -0.760. The minimum absolute atomic E-state index is 0.00239. The standard InChI is InChI=1S/C25H28Cl2N2O4/c1-4-28(5-2)13-14-29-22(16-7-9-17(26)10-8-16)21(24(31)25(29)32)23(30)19-15-18(33-6-3)11-12-20(19)27/h7-12,15,22,30H,4-6,13-14H2,1-3H3/b23-21+. The molecule has 1 amide bonds. The third-order valence-corrected chi connectivity index (χ3v) is 6.36. The molecule has 1 saturated heterocycles. The van der Waals surface area contributed by atoms with Gasteiger partial charge in [-0.2, -0.15) is 0 Å². The van der Waals surface area contributed by atoms with Gasteiger partial charge in [-0.25, -0.2) is 0 Å². The van der Waals surface area contributed by atoms with Crippen LogP contribution in [0.5, 0.6) is 5.75 Å². The number of aliphatic hydroxyl groups is 1. The molecule has 1 aliphatic heterocycles. The number of Topliss-reactive ketones (excluding diaryl/α,β-unsaturated/α-hetero) is 1. The van der Waals surface area contributed by atoms with Gasteiger partial charge in [0.15, 0.2) is 0 Å². The number of aliphatic hydroxyl groups excluding tert-OH is 1. The third-order valence-electron chi connectivity index (χ3n) is 5.78. The van der Waals surface area contributed by atoms with Gasteiger partial charge in [-0.3, -0.25) is 9.59 Å². The molecule has 2 aromatic carbocycles. The summed E-state index contributed by atoms with van der Waals surface area (Å²) in [4.78, 5) is 29.9. The zero-order valence-corrected chi connectivity index (χ0v) is 20.5. The topological polar surface area (TPSA) is 70.1 Å². The molecule has 1 heterocycles. The molecular weight excluding hydrogens is 463 g/mol. The first kappa shape index (κ1) is 25.1. The molecule has 1 unspecified atom stereocenters. The van der Waals surface area contributed by atoms with Crippen molar-refractivity contribution in [1.82, 2.24) is 9.80 Å². The van der Waals surface area contributed by atoms with Crippen LogP contribution in [0.15, 0.2) is 48.0 Å². The second-order valence-corrected chi connectivity index (χ2v) is 8.49. The number of carbonyl (C=O) groups is 2. The molecule has 0 spiro atoms. The maximum atomic E-state index is 13.2. The molecule has 6 nitrogen and oxygen atoms in total. The largest absolute Gasteiger partial charge is 0.507 e. The van der Waals surface area contributed by atoms with Crippen LogP contribution >= 0.6 is 23.2 Å². The molecule has 1 fully saturated rings. The summed E-state index contributed by atoms with van der Waals surface area (Å²) in [6, 6.07) is 11.0. The van der Waals surface area contributed by atoms with E-state index >= 15 is 0 Å². The molecule has 0 bridgehead atoms. The second-order valence-electron chi connectivity index (χ2n) is 7.65. The highest BCUT2D eigenvalue weighted by molar-refractivity contribution is 6.47. The smallest absolute Gasteiger partial charge is 0.295 e. The van der Waals surface area contributed by atoms with Crippen LogP contribution in [0.3, 0.4) is 0 Å². The van der Waals surface area contributed by atoms with E-state index in [0.717, 1.165) is 13.1 Å². The van der Waals surface area contributed by atoms with E-state index in [0.29, 0.717) is 36.0 Å². The van der Waals surface area contributed by atoms with Gasteiger partial charge in [0.25, 0.3) is 11.7 Å². The van der Waals surface area contributed by atoms with Crippen LogP contribution in [-0.2, 0) is 9.59 Å². The maximum Gasteiger partial charge on any atom is 0.295 e. The lowest BCUT2D eigenvalue weighted by atomic mass is 9.95. The summed E-state index contributed by atoms with van der Waals surface area (Å²) in [5.41, 5.74) is 0.914. The summed E-state index contributed by atoms with van der Waals surface area (Å²) >= 11 is 12.4. The molecule has 3 rings (SSSR count). The Kier molecular flexibility index (Phi) is 8.40. The van der Waals surface area contributed by atoms with Crippen molar-refractivity contribution in [3.8, 4) is 5.75 Å². The Labute approximate surface area is 204 Å². The summed E-state index contributed by atoms with van der Waals surface area (Å²) < 4.78 is 5.52. The van der Waals surface area contributed by atoms with Crippen molar-refractivity contribution in [2.24, 2.45) is 0 Å². The van der Waals surface area contributed by atoms with Crippen LogP contribution in [-0.4, -0.2) is 59.4 Å². The monoisotopic (exact) mass is 490 g/mol. The molecular formula is C25H28Cl2N2O4. The van der Waals surface area contributed by atoms with Crippen LogP contribution in [0.4, 0.5) is 0 Å². The van der Waals surface area contributed by atoms with Crippen molar-refractivity contribution in [3.05, 3.63) is 69.2 Å². The van der Waals surface area contributed by atoms with Crippen LogP contribution in [0.1, 0.15) is 37.9 Å². The molecule has 0 aromatic heterocycles. The Hall–Kier alpha value is -2.54. The lowest BCUT2D eigenvalue weighted by molar-refractivity contribution is -0.140. The van der Waals surface area contributed by atoms with Crippen LogP contribution in [0.25, 0.3) is 5.76 Å². The normalized spacial score (nSPS) is 17.8. The SMILES string of the molecule is CCOc1ccc(Cl)c(/C(O)=C2\C(=O)C(=O)N(CCN(CC)CC)C2c2ccc(Cl)cc2)c1. The summed E-state index contributed by atoms with van der Waals surface area (Å²) in [7, 11) is 0. The van der Waals surface area contributed by atoms with Crippen LogP contribution in [0.2, 0.25) is 10.0 Å². The van der Waals surface area contributed by atoms with E-state index in [1.54, 1.807) is 42.5 Å². The van der Waals surface area contributed by atoms with Gasteiger partial charge in [-0.05, 0) is 55.9 Å². The molecule has 0 saturated carbocycles. The molecule has 2 aromatic rings. The zero-order chi connectivity index (χ0) is 24.1. The molecule has 1 N–H and O–H groups in total. The number of hydrogen-bond donors (Lipinski definition) is 1. The lowest BCUT2D eigenvalue weighted by Gasteiger charge is -2.28. The Balaban J connectivity index is 2.13. The number of amides is 1. The van der Waals surface area contributed by atoms with E-state index in [1.165, 1.54) is 4.90 Å². The Bertz CT molecular complexity index is 1050. The van der Waals surface area contributed by atoms with Gasteiger partial charge < -0.3 is 19.6 Å². The second kappa shape index (κ2) is 11.1. The summed E-state index contributed by atoms with van der Waals surface area (Å²) in [5, 5.41) is 12.0. The molecule has 176 valence electrons. The van der Waals surface area contributed by atoms with Crippen molar-refractivity contribution in [1.29, 1.82) is 0 Å². The van der Waals surface area contributed by atoms with E-state index in [2.05, 4.69) is 4.90 Å². The Morgan fingerprint density at radius 2 is 1.73 bits per heavy atom. The number of likely N-dealkylation sites (N-methyl/N-ethyl adjacent to an activating group) is 1. The summed E-state index contributed by atoms with van der Waals surface area (Å²) in [5.74, 6) is -1.22. The van der Waals surface area contributed by atoms with Crippen molar-refractivity contribution >= 4 is 40.7 Å². The molecule has 1 aliphatic rings. The number of ether oxygens (including phenoxy) is 1. The Morgan fingerprint density at radius 1 is 1.06 bits per heavy atom. The molecule has 8 heteroatoms. The van der Waals surface area contributed by atoms with E-state index in [4.69, 9.17) is 27.9 Å². The molecule has 0 aliphatic carbocycles. The van der Waals surface area contributed by atoms with Gasteiger partial charge in [-0.1, -0.05) is 49.2 Å². The number of carbonyl (C=O) groups excluding carboxylic acids is 2.